The molecule has 1 heterocycles. The maximum absolute atomic E-state index is 11.7. The van der Waals surface area contributed by atoms with Crippen LogP contribution in [-0.4, -0.2) is 34.0 Å². The number of nitrogens with one attached hydrogen (secondary N) is 1. The Morgan fingerprint density at radius 1 is 1.50 bits per heavy atom. The van der Waals surface area contributed by atoms with Crippen LogP contribution in [-0.2, 0) is 10.0 Å². The van der Waals surface area contributed by atoms with Crippen molar-refractivity contribution in [1.82, 2.24) is 9.62 Å². The van der Waals surface area contributed by atoms with Crippen LogP contribution in [0.2, 0.25) is 0 Å². The fourth-order valence-electron chi connectivity index (χ4n) is 1.22. The lowest BCUT2D eigenvalue weighted by Gasteiger charge is -2.10. The summed E-state index contributed by atoms with van der Waals surface area (Å²) in [6.07, 6.45) is 8.65. The molecule has 0 bridgehead atoms. The molecule has 0 aromatic carbocycles. The van der Waals surface area contributed by atoms with Crippen LogP contribution in [0.25, 0.3) is 0 Å². The normalized spacial score (nSPS) is 25.0. The molecule has 1 N–H and O–H groups in total. The number of allylic oxidation sites excluding steroid dienone is 4. The molecule has 4 nitrogen and oxygen atoms in total. The van der Waals surface area contributed by atoms with Gasteiger partial charge in [-0.1, -0.05) is 18.7 Å². The highest BCUT2D eigenvalue weighted by Crippen LogP contribution is 2.16. The largest absolute Gasteiger partial charge is 0.377 e. The fourth-order valence-corrected chi connectivity index (χ4v) is 2.11. The van der Waals surface area contributed by atoms with E-state index >= 15 is 0 Å². The van der Waals surface area contributed by atoms with E-state index in [1.165, 1.54) is 7.05 Å². The van der Waals surface area contributed by atoms with E-state index in [2.05, 4.69) is 11.3 Å². The summed E-state index contributed by atoms with van der Waals surface area (Å²) in [7, 11) is -0.160. The van der Waals surface area contributed by atoms with Crippen molar-refractivity contribution >= 4 is 10.0 Å². The predicted molar refractivity (Wildman–Crippen MR) is 66.1 cm³/mol. The zero-order valence-electron chi connectivity index (χ0n) is 9.47. The van der Waals surface area contributed by atoms with Gasteiger partial charge >= 0.3 is 0 Å². The van der Waals surface area contributed by atoms with Gasteiger partial charge in [0.25, 0.3) is 0 Å². The molecule has 0 radical (unpaired) electrons. The average molecular weight is 240 g/mol. The molecular weight excluding hydrogens is 224 g/mol. The minimum Gasteiger partial charge on any atom is -0.377 e. The van der Waals surface area contributed by atoms with Gasteiger partial charge in [-0.25, -0.2) is 13.1 Å². The summed E-state index contributed by atoms with van der Waals surface area (Å²) in [4.78, 5) is 2.13. The lowest BCUT2D eigenvalue weighted by molar-refractivity contribution is 0.510. The molecule has 0 aromatic heterocycles. The molecule has 0 saturated carbocycles. The Labute approximate surface area is 96.7 Å². The number of nitrogens with zero attached hydrogens (tertiary/aromatic N) is 1. The van der Waals surface area contributed by atoms with Gasteiger partial charge in [0, 0.05) is 13.6 Å². The first kappa shape index (κ1) is 12.7. The standard InChI is InChI=1S/C11H16N2O2S/c1-10-7-9-13(3)8-5-4-6-11(10)16(14,15)12-2/h4-7,9,12H,1,8H2,2-3H3/b5-4-,9-7-,11-6+. The van der Waals surface area contributed by atoms with E-state index in [-0.39, 0.29) is 4.91 Å². The van der Waals surface area contributed by atoms with Gasteiger partial charge < -0.3 is 4.90 Å². The van der Waals surface area contributed by atoms with Crippen LogP contribution in [0.3, 0.4) is 0 Å². The monoisotopic (exact) mass is 240 g/mol. The predicted octanol–water partition coefficient (Wildman–Crippen LogP) is 0.991. The van der Waals surface area contributed by atoms with Gasteiger partial charge in [-0.2, -0.15) is 0 Å². The molecule has 0 saturated heterocycles. The van der Waals surface area contributed by atoms with Crippen molar-refractivity contribution in [1.29, 1.82) is 0 Å². The van der Waals surface area contributed by atoms with Gasteiger partial charge in [-0.15, -0.1) is 0 Å². The Bertz CT molecular complexity index is 458. The van der Waals surface area contributed by atoms with Gasteiger partial charge in [0.2, 0.25) is 10.0 Å². The Morgan fingerprint density at radius 2 is 2.19 bits per heavy atom. The number of hydrogen-bond donors (Lipinski definition) is 1. The Morgan fingerprint density at radius 3 is 2.81 bits per heavy atom. The molecular formula is C11H16N2O2S. The van der Waals surface area contributed by atoms with E-state index in [1.807, 2.05) is 18.0 Å². The van der Waals surface area contributed by atoms with Crippen LogP contribution >= 0.6 is 0 Å². The molecule has 1 rings (SSSR count). The molecule has 1 aliphatic rings. The molecule has 0 aromatic rings. The summed E-state index contributed by atoms with van der Waals surface area (Å²) >= 11 is 0. The summed E-state index contributed by atoms with van der Waals surface area (Å²) < 4.78 is 25.7. The molecule has 0 amide bonds. The molecule has 0 aliphatic carbocycles. The first-order valence-corrected chi connectivity index (χ1v) is 6.34. The third kappa shape index (κ3) is 3.08. The van der Waals surface area contributed by atoms with Crippen LogP contribution < -0.4 is 4.72 Å². The van der Waals surface area contributed by atoms with E-state index in [0.717, 1.165) is 6.54 Å². The molecule has 0 spiro atoms. The molecule has 0 unspecified atom stereocenters. The second kappa shape index (κ2) is 5.14. The number of sulfonamides is 1. The van der Waals surface area contributed by atoms with Crippen molar-refractivity contribution in [3.8, 4) is 0 Å². The van der Waals surface area contributed by atoms with Crippen molar-refractivity contribution in [3.05, 3.63) is 47.6 Å². The van der Waals surface area contributed by atoms with E-state index < -0.39 is 10.0 Å². The van der Waals surface area contributed by atoms with Crippen LogP contribution in [0.4, 0.5) is 0 Å². The van der Waals surface area contributed by atoms with Crippen molar-refractivity contribution < 1.29 is 8.42 Å². The third-order valence-electron chi connectivity index (χ3n) is 2.18. The summed E-state index contributed by atoms with van der Waals surface area (Å²) in [5, 5.41) is 0. The highest BCUT2D eigenvalue weighted by atomic mass is 32.2. The Balaban J connectivity index is 3.16. The van der Waals surface area contributed by atoms with E-state index in [0.29, 0.717) is 5.57 Å². The summed E-state index contributed by atoms with van der Waals surface area (Å²) in [6, 6.07) is 0. The van der Waals surface area contributed by atoms with Gasteiger partial charge in [0.05, 0.1) is 4.91 Å². The minimum absolute atomic E-state index is 0.192. The molecule has 5 heteroatoms. The molecule has 16 heavy (non-hydrogen) atoms. The van der Waals surface area contributed by atoms with Crippen molar-refractivity contribution in [2.45, 2.75) is 0 Å². The van der Waals surface area contributed by atoms with Crippen LogP contribution in [0, 0.1) is 0 Å². The van der Waals surface area contributed by atoms with Crippen LogP contribution in [0.15, 0.2) is 47.6 Å². The zero-order valence-corrected chi connectivity index (χ0v) is 10.3. The Hall–Kier alpha value is -1.33. The topological polar surface area (TPSA) is 49.4 Å². The highest BCUT2D eigenvalue weighted by Gasteiger charge is 2.16. The minimum atomic E-state index is -3.45. The van der Waals surface area contributed by atoms with Crippen LogP contribution in [0.5, 0.6) is 0 Å². The third-order valence-corrected chi connectivity index (χ3v) is 3.70. The number of rotatable bonds is 2. The quantitative estimate of drug-likeness (QED) is 0.783. The van der Waals surface area contributed by atoms with Gasteiger partial charge in [0.15, 0.2) is 0 Å². The lowest BCUT2D eigenvalue weighted by Crippen LogP contribution is -2.21. The smallest absolute Gasteiger partial charge is 0.240 e. The van der Waals surface area contributed by atoms with Crippen molar-refractivity contribution in [3.63, 3.8) is 0 Å². The number of hydrogen-bond acceptors (Lipinski definition) is 3. The molecule has 1 aliphatic heterocycles. The van der Waals surface area contributed by atoms with Crippen LogP contribution in [0.1, 0.15) is 0 Å². The zero-order chi connectivity index (χ0) is 12.2. The average Bonchev–Trinajstić information content (AvgIpc) is 2.32. The second-order valence-corrected chi connectivity index (χ2v) is 5.30. The second-order valence-electron chi connectivity index (χ2n) is 3.45. The maximum Gasteiger partial charge on any atom is 0.240 e. The Kier molecular flexibility index (Phi) is 4.09. The van der Waals surface area contributed by atoms with Gasteiger partial charge in [0.1, 0.15) is 0 Å². The first-order chi connectivity index (χ1) is 7.47. The highest BCUT2D eigenvalue weighted by molar-refractivity contribution is 7.93. The lowest BCUT2D eigenvalue weighted by atomic mass is 10.2. The first-order valence-electron chi connectivity index (χ1n) is 4.85. The summed E-state index contributed by atoms with van der Waals surface area (Å²) in [5.41, 5.74) is 0.466. The maximum atomic E-state index is 11.7. The SMILES string of the molecule is C=C1/C=C\N(C)C/C=C\C=C/1S(=O)(=O)NC. The van der Waals surface area contributed by atoms with E-state index in [1.54, 1.807) is 24.4 Å². The van der Waals surface area contributed by atoms with Gasteiger partial charge in [-0.05, 0) is 31.0 Å². The summed E-state index contributed by atoms with van der Waals surface area (Å²) in [5.74, 6) is 0. The molecule has 88 valence electrons. The number of likely N-dealkylation sites (N-methyl/N-ethyl adjacent to an activating group) is 1. The van der Waals surface area contributed by atoms with Crippen molar-refractivity contribution in [2.24, 2.45) is 0 Å². The van der Waals surface area contributed by atoms with Gasteiger partial charge in [-0.3, -0.25) is 0 Å². The van der Waals surface area contributed by atoms with Crippen molar-refractivity contribution in [2.75, 3.05) is 20.6 Å². The van der Waals surface area contributed by atoms with E-state index in [9.17, 15) is 8.42 Å². The molecule has 0 fully saturated rings. The molecule has 0 atom stereocenters. The summed E-state index contributed by atoms with van der Waals surface area (Å²) in [6.45, 7) is 4.48. The van der Waals surface area contributed by atoms with E-state index in [4.69, 9.17) is 0 Å². The fraction of sp³-hybridized carbons (Fsp3) is 0.273.